The number of nitrogens with zero attached hydrogens (tertiary/aromatic N) is 1. The average Bonchev–Trinajstić information content (AvgIpc) is 2.55. The molecule has 0 saturated heterocycles. The van der Waals surface area contributed by atoms with Gasteiger partial charge in [-0.15, -0.1) is 0 Å². The van der Waals surface area contributed by atoms with Crippen LogP contribution in [0.4, 0.5) is 5.69 Å². The van der Waals surface area contributed by atoms with E-state index in [1.54, 1.807) is 26.0 Å². The number of para-hydroxylation sites is 1. The number of ether oxygens (including phenoxy) is 2. The Balaban J connectivity index is 3.18. The first kappa shape index (κ1) is 18.9. The Morgan fingerprint density at radius 3 is 2.26 bits per heavy atom. The number of benzene rings is 1. The molecule has 0 aliphatic rings. The van der Waals surface area contributed by atoms with Gasteiger partial charge < -0.3 is 9.47 Å². The molecule has 0 spiro atoms. The van der Waals surface area contributed by atoms with E-state index in [2.05, 4.69) is 4.99 Å². The number of hydrogen-bond donors (Lipinski definition) is 0. The third-order valence-electron chi connectivity index (χ3n) is 3.24. The Bertz CT molecular complexity index is 525. The standard InChI is InChI=1S/C18H25NO4/c1-4-7-13-15(17(20)22-5-2)16(18(21)23-6-3)19-14-11-9-8-10-12-14/h8-12,15H,4-7,13H2,1-3H3. The quantitative estimate of drug-likeness (QED) is 0.514. The molecule has 1 aromatic carbocycles. The monoisotopic (exact) mass is 319 g/mol. The van der Waals surface area contributed by atoms with E-state index in [0.717, 1.165) is 12.8 Å². The van der Waals surface area contributed by atoms with Gasteiger partial charge in [0.25, 0.3) is 0 Å². The van der Waals surface area contributed by atoms with Crippen LogP contribution in [0.1, 0.15) is 40.0 Å². The molecule has 0 N–H and O–H groups in total. The van der Waals surface area contributed by atoms with Crippen LogP contribution in [0.2, 0.25) is 0 Å². The van der Waals surface area contributed by atoms with E-state index in [9.17, 15) is 9.59 Å². The van der Waals surface area contributed by atoms with Gasteiger partial charge in [0.15, 0.2) is 0 Å². The van der Waals surface area contributed by atoms with Crippen LogP contribution in [0.3, 0.4) is 0 Å². The van der Waals surface area contributed by atoms with Crippen molar-refractivity contribution >= 4 is 23.3 Å². The van der Waals surface area contributed by atoms with E-state index in [1.165, 1.54) is 0 Å². The topological polar surface area (TPSA) is 65.0 Å². The van der Waals surface area contributed by atoms with Gasteiger partial charge in [0.05, 0.1) is 18.9 Å². The van der Waals surface area contributed by atoms with E-state index >= 15 is 0 Å². The van der Waals surface area contributed by atoms with Crippen molar-refractivity contribution in [2.75, 3.05) is 13.2 Å². The molecule has 5 nitrogen and oxygen atoms in total. The van der Waals surface area contributed by atoms with Crippen LogP contribution in [0.15, 0.2) is 35.3 Å². The van der Waals surface area contributed by atoms with E-state index in [-0.39, 0.29) is 18.9 Å². The molecule has 0 radical (unpaired) electrons. The maximum Gasteiger partial charge on any atom is 0.353 e. The number of unbranched alkanes of at least 4 members (excludes halogenated alkanes) is 1. The Kier molecular flexibility index (Phi) is 8.65. The molecule has 5 heteroatoms. The summed E-state index contributed by atoms with van der Waals surface area (Å²) in [6.45, 7) is 6.00. The van der Waals surface area contributed by atoms with E-state index in [1.807, 2.05) is 25.1 Å². The minimum Gasteiger partial charge on any atom is -0.465 e. The average molecular weight is 319 g/mol. The summed E-state index contributed by atoms with van der Waals surface area (Å²) in [4.78, 5) is 29.0. The molecule has 1 rings (SSSR count). The molecule has 0 fully saturated rings. The molecule has 0 aliphatic heterocycles. The Labute approximate surface area is 137 Å². The molecular weight excluding hydrogens is 294 g/mol. The van der Waals surface area contributed by atoms with Crippen molar-refractivity contribution in [3.8, 4) is 0 Å². The first-order chi connectivity index (χ1) is 11.1. The molecule has 0 amide bonds. The highest BCUT2D eigenvalue weighted by atomic mass is 16.5. The molecule has 0 aliphatic carbocycles. The van der Waals surface area contributed by atoms with Crippen LogP contribution < -0.4 is 0 Å². The molecule has 23 heavy (non-hydrogen) atoms. The summed E-state index contributed by atoms with van der Waals surface area (Å²) in [6, 6.07) is 9.07. The minimum absolute atomic E-state index is 0.116. The number of hydrogen-bond acceptors (Lipinski definition) is 5. The highest BCUT2D eigenvalue weighted by Crippen LogP contribution is 2.19. The Hall–Kier alpha value is -2.17. The van der Waals surface area contributed by atoms with Crippen molar-refractivity contribution in [2.45, 2.75) is 40.0 Å². The third-order valence-corrected chi connectivity index (χ3v) is 3.24. The Morgan fingerprint density at radius 1 is 1.04 bits per heavy atom. The zero-order valence-corrected chi connectivity index (χ0v) is 14.1. The van der Waals surface area contributed by atoms with Gasteiger partial charge in [-0.1, -0.05) is 38.0 Å². The van der Waals surface area contributed by atoms with Gasteiger partial charge in [0, 0.05) is 0 Å². The highest BCUT2D eigenvalue weighted by molar-refractivity contribution is 6.41. The normalized spacial score (nSPS) is 12.6. The van der Waals surface area contributed by atoms with Gasteiger partial charge in [-0.25, -0.2) is 9.79 Å². The van der Waals surface area contributed by atoms with E-state index in [4.69, 9.17) is 9.47 Å². The predicted molar refractivity (Wildman–Crippen MR) is 89.8 cm³/mol. The lowest BCUT2D eigenvalue weighted by molar-refractivity contribution is -0.147. The zero-order chi connectivity index (χ0) is 17.1. The van der Waals surface area contributed by atoms with Crippen molar-refractivity contribution in [1.29, 1.82) is 0 Å². The summed E-state index contributed by atoms with van der Waals surface area (Å²) in [6.07, 6.45) is 2.23. The van der Waals surface area contributed by atoms with E-state index in [0.29, 0.717) is 12.1 Å². The second kappa shape index (κ2) is 10.5. The summed E-state index contributed by atoms with van der Waals surface area (Å²) < 4.78 is 10.2. The van der Waals surface area contributed by atoms with Crippen molar-refractivity contribution in [1.82, 2.24) is 0 Å². The first-order valence-corrected chi connectivity index (χ1v) is 8.11. The van der Waals surface area contributed by atoms with E-state index < -0.39 is 17.9 Å². The lowest BCUT2D eigenvalue weighted by atomic mass is 9.96. The predicted octanol–water partition coefficient (Wildman–Crippen LogP) is 3.69. The molecule has 0 aromatic heterocycles. The SMILES string of the molecule is CCCCC(C(=O)OCC)C(=Nc1ccccc1)C(=O)OCC. The molecule has 1 atom stereocenters. The van der Waals surface area contributed by atoms with Gasteiger partial charge in [0.2, 0.25) is 0 Å². The molecule has 126 valence electrons. The minimum atomic E-state index is -0.700. The lowest BCUT2D eigenvalue weighted by Crippen LogP contribution is -2.33. The molecule has 1 aromatic rings. The summed E-state index contributed by atoms with van der Waals surface area (Å²) >= 11 is 0. The molecule has 0 bridgehead atoms. The number of carbonyl (C=O) groups excluding carboxylic acids is 2. The van der Waals surface area contributed by atoms with Crippen molar-refractivity contribution in [3.63, 3.8) is 0 Å². The van der Waals surface area contributed by atoms with Crippen LogP contribution >= 0.6 is 0 Å². The van der Waals surface area contributed by atoms with Gasteiger partial charge >= 0.3 is 11.9 Å². The van der Waals surface area contributed by atoms with Crippen molar-refractivity contribution < 1.29 is 19.1 Å². The number of carbonyl (C=O) groups is 2. The lowest BCUT2D eigenvalue weighted by Gasteiger charge is -2.17. The number of aliphatic imine (C=N–C) groups is 1. The first-order valence-electron chi connectivity index (χ1n) is 8.11. The molecule has 0 saturated carbocycles. The summed E-state index contributed by atoms with van der Waals surface area (Å²) in [5.74, 6) is -1.69. The third kappa shape index (κ3) is 6.22. The van der Waals surface area contributed by atoms with Gasteiger partial charge in [-0.05, 0) is 32.4 Å². The number of esters is 2. The summed E-state index contributed by atoms with van der Waals surface area (Å²) in [5, 5.41) is 0. The fourth-order valence-electron chi connectivity index (χ4n) is 2.13. The van der Waals surface area contributed by atoms with Crippen LogP contribution in [0.25, 0.3) is 0 Å². The van der Waals surface area contributed by atoms with Crippen molar-refractivity contribution in [3.05, 3.63) is 30.3 Å². The van der Waals surface area contributed by atoms with Crippen LogP contribution in [-0.4, -0.2) is 30.9 Å². The number of rotatable bonds is 9. The summed E-state index contributed by atoms with van der Waals surface area (Å²) in [7, 11) is 0. The molecular formula is C18H25NO4. The Morgan fingerprint density at radius 2 is 1.70 bits per heavy atom. The summed E-state index contributed by atoms with van der Waals surface area (Å²) in [5.41, 5.74) is 0.728. The van der Waals surface area contributed by atoms with Crippen LogP contribution in [0, 0.1) is 5.92 Å². The fraction of sp³-hybridized carbons (Fsp3) is 0.500. The maximum atomic E-state index is 12.3. The van der Waals surface area contributed by atoms with Crippen LogP contribution in [0.5, 0.6) is 0 Å². The second-order valence-corrected chi connectivity index (χ2v) is 5.00. The van der Waals surface area contributed by atoms with Crippen molar-refractivity contribution in [2.24, 2.45) is 10.9 Å². The highest BCUT2D eigenvalue weighted by Gasteiger charge is 2.31. The second-order valence-electron chi connectivity index (χ2n) is 5.00. The van der Waals surface area contributed by atoms with Gasteiger partial charge in [-0.2, -0.15) is 0 Å². The molecule has 1 unspecified atom stereocenters. The van der Waals surface area contributed by atoms with Gasteiger partial charge in [-0.3, -0.25) is 4.79 Å². The van der Waals surface area contributed by atoms with Crippen LogP contribution in [-0.2, 0) is 19.1 Å². The molecule has 0 heterocycles. The largest absolute Gasteiger partial charge is 0.465 e. The van der Waals surface area contributed by atoms with Gasteiger partial charge in [0.1, 0.15) is 11.6 Å². The zero-order valence-electron chi connectivity index (χ0n) is 14.1. The maximum absolute atomic E-state index is 12.3. The fourth-order valence-corrected chi connectivity index (χ4v) is 2.13. The smallest absolute Gasteiger partial charge is 0.353 e.